The first kappa shape index (κ1) is 24.4. The Bertz CT molecular complexity index is 995. The van der Waals surface area contributed by atoms with E-state index in [4.69, 9.17) is 0 Å². The molecule has 0 aliphatic carbocycles. The third-order valence-corrected chi connectivity index (χ3v) is 6.08. The second-order valence-electron chi connectivity index (χ2n) is 8.80. The van der Waals surface area contributed by atoms with Crippen LogP contribution in [-0.2, 0) is 20.8 Å². The third kappa shape index (κ3) is 5.39. The van der Waals surface area contributed by atoms with Crippen LogP contribution in [0.4, 0.5) is 5.82 Å². The number of hydrogen-bond acceptors (Lipinski definition) is 5. The van der Waals surface area contributed by atoms with Crippen LogP contribution in [0.5, 0.6) is 0 Å². The van der Waals surface area contributed by atoms with E-state index in [-0.39, 0.29) is 29.7 Å². The molecule has 1 aliphatic heterocycles. The van der Waals surface area contributed by atoms with E-state index in [1.165, 1.54) is 4.90 Å². The van der Waals surface area contributed by atoms with Crippen LogP contribution in [0.3, 0.4) is 0 Å². The van der Waals surface area contributed by atoms with E-state index in [0.29, 0.717) is 12.2 Å². The molecule has 0 saturated heterocycles. The molecule has 8 nitrogen and oxygen atoms in total. The van der Waals surface area contributed by atoms with Crippen molar-refractivity contribution < 1.29 is 14.4 Å². The van der Waals surface area contributed by atoms with Gasteiger partial charge in [-0.2, -0.15) is 0 Å². The normalized spacial score (nSPS) is 17.8. The topological polar surface area (TPSA) is 103 Å². The summed E-state index contributed by atoms with van der Waals surface area (Å²) >= 11 is 0. The molecule has 8 heteroatoms. The summed E-state index contributed by atoms with van der Waals surface area (Å²) in [6, 6.07) is 11.1. The van der Waals surface area contributed by atoms with Crippen molar-refractivity contribution in [2.75, 3.05) is 11.9 Å². The molecule has 3 rings (SSSR count). The lowest BCUT2D eigenvalue weighted by Gasteiger charge is -2.31. The van der Waals surface area contributed by atoms with E-state index in [9.17, 15) is 14.4 Å². The van der Waals surface area contributed by atoms with Gasteiger partial charge in [-0.15, -0.1) is 0 Å². The van der Waals surface area contributed by atoms with Crippen molar-refractivity contribution in [2.45, 2.75) is 58.3 Å². The Morgan fingerprint density at radius 2 is 1.70 bits per heavy atom. The van der Waals surface area contributed by atoms with Gasteiger partial charge in [0.1, 0.15) is 17.9 Å². The number of carbonyl (C=O) groups excluding carboxylic acids is 3. The summed E-state index contributed by atoms with van der Waals surface area (Å²) < 4.78 is 0. The predicted octanol–water partition coefficient (Wildman–Crippen LogP) is 1.97. The largest absolute Gasteiger partial charge is 0.348 e. The minimum atomic E-state index is -0.789. The van der Waals surface area contributed by atoms with Gasteiger partial charge in [0.25, 0.3) is 5.91 Å². The molecular formula is C25H33N5O3. The summed E-state index contributed by atoms with van der Waals surface area (Å²) in [5, 5.41) is 8.77. The average Bonchev–Trinajstić information content (AvgIpc) is 3.21. The Morgan fingerprint density at radius 1 is 1.00 bits per heavy atom. The zero-order chi connectivity index (χ0) is 24.1. The summed E-state index contributed by atoms with van der Waals surface area (Å²) in [4.78, 5) is 45.5. The Morgan fingerprint density at radius 3 is 2.33 bits per heavy atom. The minimum Gasteiger partial charge on any atom is -0.348 e. The molecule has 176 valence electrons. The Labute approximate surface area is 195 Å². The number of nitrogens with zero attached hydrogens (tertiary/aromatic N) is 2. The van der Waals surface area contributed by atoms with Crippen molar-refractivity contribution in [3.8, 4) is 0 Å². The van der Waals surface area contributed by atoms with Crippen LogP contribution in [0.15, 0.2) is 48.7 Å². The number of nitrogens with one attached hydrogen (secondary N) is 3. The van der Waals surface area contributed by atoms with Crippen molar-refractivity contribution in [1.82, 2.24) is 20.9 Å². The van der Waals surface area contributed by atoms with Crippen molar-refractivity contribution in [3.63, 3.8) is 0 Å². The first-order valence-corrected chi connectivity index (χ1v) is 11.3. The number of aromatic nitrogens is 1. The van der Waals surface area contributed by atoms with Crippen molar-refractivity contribution in [3.05, 3.63) is 59.8 Å². The van der Waals surface area contributed by atoms with E-state index in [0.717, 1.165) is 11.1 Å². The lowest BCUT2D eigenvalue weighted by atomic mass is 10.0. The molecule has 1 aliphatic rings. The van der Waals surface area contributed by atoms with Gasteiger partial charge in [0.15, 0.2) is 0 Å². The van der Waals surface area contributed by atoms with Gasteiger partial charge in [-0.05, 0) is 44.0 Å². The fraction of sp³-hybridized carbons (Fsp3) is 0.440. The molecule has 4 unspecified atom stereocenters. The summed E-state index contributed by atoms with van der Waals surface area (Å²) in [6.45, 7) is 7.38. The van der Waals surface area contributed by atoms with Crippen LogP contribution in [0.1, 0.15) is 44.9 Å². The van der Waals surface area contributed by atoms with E-state index in [1.54, 1.807) is 26.2 Å². The lowest BCUT2D eigenvalue weighted by Crippen LogP contribution is -2.58. The molecule has 2 heterocycles. The molecule has 2 aromatic rings. The van der Waals surface area contributed by atoms with Crippen LogP contribution in [0.25, 0.3) is 0 Å². The monoisotopic (exact) mass is 451 g/mol. The van der Waals surface area contributed by atoms with Gasteiger partial charge >= 0.3 is 0 Å². The number of anilines is 1. The van der Waals surface area contributed by atoms with Crippen LogP contribution >= 0.6 is 0 Å². The molecule has 3 N–H and O–H groups in total. The van der Waals surface area contributed by atoms with E-state index < -0.39 is 18.1 Å². The maximum Gasteiger partial charge on any atom is 0.251 e. The van der Waals surface area contributed by atoms with Crippen LogP contribution in [0.2, 0.25) is 0 Å². The standard InChI is InChI=1S/C25H33N5O3/c1-15(2)21(29-23(31)17(4)26-5)25(33)30-20(14-19-12-9-13-27-22(19)30)24(32)28-16(3)18-10-7-6-8-11-18/h6-13,15-17,20-21,26H,14H2,1-5H3,(H,28,32)(H,29,31). The molecule has 0 radical (unpaired) electrons. The summed E-state index contributed by atoms with van der Waals surface area (Å²) in [6.07, 6.45) is 1.98. The number of carbonyl (C=O) groups is 3. The molecule has 1 aromatic carbocycles. The quantitative estimate of drug-likeness (QED) is 0.569. The highest BCUT2D eigenvalue weighted by molar-refractivity contribution is 6.06. The summed E-state index contributed by atoms with van der Waals surface area (Å²) in [5.41, 5.74) is 1.81. The third-order valence-electron chi connectivity index (χ3n) is 6.08. The van der Waals surface area contributed by atoms with E-state index in [1.807, 2.05) is 57.2 Å². The Hall–Kier alpha value is -3.26. The van der Waals surface area contributed by atoms with Crippen LogP contribution in [-0.4, -0.2) is 47.9 Å². The van der Waals surface area contributed by atoms with Gasteiger partial charge in [0.2, 0.25) is 11.8 Å². The molecule has 0 bridgehead atoms. The zero-order valence-corrected chi connectivity index (χ0v) is 19.8. The Kier molecular flexibility index (Phi) is 7.81. The van der Waals surface area contributed by atoms with Crippen molar-refractivity contribution >= 4 is 23.5 Å². The number of fused-ring (bicyclic) bond motifs is 1. The molecule has 0 spiro atoms. The molecule has 0 fully saturated rings. The molecule has 33 heavy (non-hydrogen) atoms. The van der Waals surface area contributed by atoms with Crippen molar-refractivity contribution in [2.24, 2.45) is 5.92 Å². The van der Waals surface area contributed by atoms with Gasteiger partial charge in [0.05, 0.1) is 12.1 Å². The number of hydrogen-bond donors (Lipinski definition) is 3. The smallest absolute Gasteiger partial charge is 0.251 e. The molecule has 4 atom stereocenters. The highest BCUT2D eigenvalue weighted by Gasteiger charge is 2.43. The minimum absolute atomic E-state index is 0.176. The number of benzene rings is 1. The van der Waals surface area contributed by atoms with Crippen LogP contribution in [0, 0.1) is 5.92 Å². The van der Waals surface area contributed by atoms with Gasteiger partial charge < -0.3 is 16.0 Å². The van der Waals surface area contributed by atoms with Gasteiger partial charge in [0, 0.05) is 12.6 Å². The number of amides is 3. The first-order chi connectivity index (χ1) is 15.7. The van der Waals surface area contributed by atoms with E-state index in [2.05, 4.69) is 20.9 Å². The fourth-order valence-electron chi connectivity index (χ4n) is 3.93. The zero-order valence-electron chi connectivity index (χ0n) is 19.8. The lowest BCUT2D eigenvalue weighted by molar-refractivity contribution is -0.131. The number of likely N-dealkylation sites (N-methyl/N-ethyl adjacent to an activating group) is 1. The maximum absolute atomic E-state index is 13.7. The van der Waals surface area contributed by atoms with E-state index >= 15 is 0 Å². The van der Waals surface area contributed by atoms with Gasteiger partial charge in [-0.25, -0.2) is 4.98 Å². The average molecular weight is 452 g/mol. The predicted molar refractivity (Wildman–Crippen MR) is 128 cm³/mol. The highest BCUT2D eigenvalue weighted by atomic mass is 16.2. The molecule has 0 saturated carbocycles. The number of pyridine rings is 1. The first-order valence-electron chi connectivity index (χ1n) is 11.3. The van der Waals surface area contributed by atoms with Crippen LogP contribution < -0.4 is 20.9 Å². The van der Waals surface area contributed by atoms with Crippen molar-refractivity contribution in [1.29, 1.82) is 0 Å². The molecular weight excluding hydrogens is 418 g/mol. The fourth-order valence-corrected chi connectivity index (χ4v) is 3.93. The highest BCUT2D eigenvalue weighted by Crippen LogP contribution is 2.31. The second-order valence-corrected chi connectivity index (χ2v) is 8.80. The number of rotatable bonds is 8. The van der Waals surface area contributed by atoms with Gasteiger partial charge in [-0.1, -0.05) is 50.2 Å². The second kappa shape index (κ2) is 10.6. The molecule has 3 amide bonds. The summed E-state index contributed by atoms with van der Waals surface area (Å²) in [5.74, 6) is -0.577. The maximum atomic E-state index is 13.7. The molecule has 1 aromatic heterocycles. The van der Waals surface area contributed by atoms with Gasteiger partial charge in [-0.3, -0.25) is 19.3 Å². The SMILES string of the molecule is CNC(C)C(=O)NC(C(=O)N1c2ncccc2CC1C(=O)NC(C)c1ccccc1)C(C)C. The summed E-state index contributed by atoms with van der Waals surface area (Å²) in [7, 11) is 1.69. The Balaban J connectivity index is 1.87.